The van der Waals surface area contributed by atoms with Gasteiger partial charge in [-0.15, -0.1) is 0 Å². The number of carbonyl (C=O) groups is 3. The van der Waals surface area contributed by atoms with E-state index in [0.29, 0.717) is 58.2 Å². The fourth-order valence-corrected chi connectivity index (χ4v) is 12.5. The second-order valence-electron chi connectivity index (χ2n) is 31.0. The Balaban J connectivity index is -0.000000277. The number of carbonyl (C=O) groups excluding carboxylic acids is 2. The highest BCUT2D eigenvalue weighted by molar-refractivity contribution is 8.13. The molecule has 2 aromatic carbocycles. The number of nitrogens with zero attached hydrogens (tertiary/aromatic N) is 2. The van der Waals surface area contributed by atoms with Crippen molar-refractivity contribution in [2.24, 2.45) is 0 Å². The molecule has 120 heavy (non-hydrogen) atoms. The first kappa shape index (κ1) is 130. The van der Waals surface area contributed by atoms with Gasteiger partial charge in [-0.3, -0.25) is 18.6 Å². The van der Waals surface area contributed by atoms with E-state index in [1.807, 2.05) is 74.6 Å². The molecule has 4 N–H and O–H groups in total. The number of esters is 2. The predicted octanol–water partition coefficient (Wildman–Crippen LogP) is 22.2. The molecule has 27 heteroatoms. The van der Waals surface area contributed by atoms with Gasteiger partial charge in [0, 0.05) is 62.5 Å². The van der Waals surface area contributed by atoms with E-state index < -0.39 is 42.8 Å². The largest absolute Gasteiger partial charge is 0.481 e. The zero-order valence-corrected chi connectivity index (χ0v) is 83.2. The topological polar surface area (TPSA) is 271 Å². The summed E-state index contributed by atoms with van der Waals surface area (Å²) in [5.74, 6) is -2.08. The van der Waals surface area contributed by atoms with Crippen LogP contribution in [0, 0.1) is 13.8 Å². The summed E-state index contributed by atoms with van der Waals surface area (Å²) < 4.78 is 83.2. The Morgan fingerprint density at radius 3 is 1.22 bits per heavy atom. The van der Waals surface area contributed by atoms with E-state index in [1.54, 1.807) is 36.4 Å². The van der Waals surface area contributed by atoms with Crippen LogP contribution in [0.2, 0.25) is 0 Å². The summed E-state index contributed by atoms with van der Waals surface area (Å²) in [4.78, 5) is 39.4. The summed E-state index contributed by atoms with van der Waals surface area (Å²) in [6.45, 7) is 25.0. The van der Waals surface area contributed by atoms with Crippen LogP contribution in [0.15, 0.2) is 131 Å². The maximum Gasteiger partial charge on any atom is 0.306 e. The third-order valence-corrected chi connectivity index (χ3v) is 20.3. The van der Waals surface area contributed by atoms with Crippen molar-refractivity contribution in [1.29, 1.82) is 0 Å². The van der Waals surface area contributed by atoms with E-state index in [1.165, 1.54) is 115 Å². The van der Waals surface area contributed by atoms with Gasteiger partial charge in [-0.05, 0) is 210 Å². The normalized spacial score (nSPS) is 15.1. The Morgan fingerprint density at radius 1 is 0.500 bits per heavy atom. The highest BCUT2D eigenvalue weighted by atomic mass is 35.7. The van der Waals surface area contributed by atoms with Gasteiger partial charge in [0.2, 0.25) is 0 Å². The highest BCUT2D eigenvalue weighted by Crippen LogP contribution is 2.26. The van der Waals surface area contributed by atoms with Crippen LogP contribution in [0.25, 0.3) is 0 Å². The molecule has 2 heterocycles. The van der Waals surface area contributed by atoms with Crippen molar-refractivity contribution < 1.29 is 84.2 Å². The number of aryl methyl sites for hydroxylation is 2. The molecular weight excluding hydrogens is 1660 g/mol. The summed E-state index contributed by atoms with van der Waals surface area (Å²) in [6.07, 6.45) is 63.9. The van der Waals surface area contributed by atoms with Crippen molar-refractivity contribution in [1.82, 2.24) is 9.80 Å². The molecule has 2 saturated heterocycles. The molecule has 0 aromatic heterocycles. The first-order valence-electron chi connectivity index (χ1n) is 43.5. The Bertz CT molecular complexity index is 3080. The predicted molar refractivity (Wildman–Crippen MR) is 520 cm³/mol. The molecule has 2 aliphatic rings. The third-order valence-electron chi connectivity index (χ3n) is 17.6. The summed E-state index contributed by atoms with van der Waals surface area (Å²) in [7, 11) is 5.70. The molecule has 0 amide bonds. The molecule has 4 atom stereocenters. The van der Waals surface area contributed by atoms with Crippen LogP contribution in [0.1, 0.15) is 311 Å². The Kier molecular flexibility index (Phi) is 94.5. The molecule has 704 valence electrons. The smallest absolute Gasteiger partial charge is 0.306 e. The standard InChI is InChI=1S/C38H67NO4.C18H32O2.C14H20O5S.C7H7ClO2S.C7H14O3.C6H15NO2.C3H8.4H2S/c1-5-7-9-11-13-15-17-19-21-23-25-27-29-31-37(40)42-35-36(33-34-39(3)4)43-38(41)32-30-28-26-24-22-20-18-16-14-12-10-8-6-2;1-2-3-4-5-6-7-8-9-10-11-12-13-14-15-16-17-18(19)20;1-11-4-6-13(7-5-11)20(15,16)18-9-8-12-10-17-14(2,3)19-12;1-6-2-4-7(5-3-6)11(8,9)10;1-7(2)9-5-6(10-7)3-4-8;1-7(2)4-3-6(9)5-8;1-3-2;;;;/h9-12,15-18,36H,5-8,13-14,19-35H2,1-4H3;6-7,9-10H,2-5,8,11-17H2,1H3,(H,19,20);4-7,12H,8-10H2,1-3H3;2-5H,1H3;6,8H,3-5H2,1-2H3;6,8-9H,3-5H2,1-2H3;3H2,1-2H3;4*1H2/b11-9-,12-10-,17-15-,18-16-;7-6-,10-9-;;;;;;;;;/t36-;;12-;;2*6-;;;;;/m0.0.00...../s1. The molecule has 0 radical (unpaired) electrons. The number of hydrogen-bond donors (Lipinski definition) is 4. The molecule has 0 spiro atoms. The fraction of sp³-hybridized carbons (Fsp3) is 0.710. The second-order valence-corrected chi connectivity index (χ2v) is 35.2. The van der Waals surface area contributed by atoms with Gasteiger partial charge >= 0.3 is 17.9 Å². The lowest BCUT2D eigenvalue weighted by Gasteiger charge is -2.20. The summed E-state index contributed by atoms with van der Waals surface area (Å²) in [5, 5.41) is 34.3. The number of unbranched alkanes of at least 4 members (excludes halogenated alkanes) is 20. The summed E-state index contributed by atoms with van der Waals surface area (Å²) in [6, 6.07) is 12.9. The number of carboxylic acid groups (broad SMARTS) is 1. The van der Waals surface area contributed by atoms with Crippen LogP contribution in [-0.4, -0.2) is 182 Å². The molecular formula is C93H171ClN2O18S6. The number of benzene rings is 2. The zero-order chi connectivity index (χ0) is 87.4. The van der Waals surface area contributed by atoms with Gasteiger partial charge in [0.1, 0.15) is 12.7 Å². The minimum absolute atomic E-state index is 0. The zero-order valence-electron chi connectivity index (χ0n) is 76.8. The molecule has 4 rings (SSSR count). The van der Waals surface area contributed by atoms with Gasteiger partial charge in [0.25, 0.3) is 19.2 Å². The third kappa shape index (κ3) is 89.3. The van der Waals surface area contributed by atoms with Gasteiger partial charge in [-0.1, -0.05) is 233 Å². The van der Waals surface area contributed by atoms with Crippen molar-refractivity contribution in [2.45, 2.75) is 360 Å². The van der Waals surface area contributed by atoms with Crippen molar-refractivity contribution in [2.75, 3.05) is 80.9 Å². The number of carboxylic acids is 1. The van der Waals surface area contributed by atoms with E-state index in [-0.39, 0.29) is 120 Å². The molecule has 2 aromatic rings. The van der Waals surface area contributed by atoms with Gasteiger partial charge in [-0.25, -0.2) is 8.42 Å². The first-order valence-corrected chi connectivity index (χ1v) is 47.3. The molecule has 0 aliphatic carbocycles. The lowest BCUT2D eigenvalue weighted by atomic mass is 10.1. The Morgan fingerprint density at radius 2 is 0.858 bits per heavy atom. The van der Waals surface area contributed by atoms with Gasteiger partial charge in [-0.2, -0.15) is 62.4 Å². The average molecular weight is 1830 g/mol. The molecule has 20 nitrogen and oxygen atoms in total. The van der Waals surface area contributed by atoms with E-state index in [9.17, 15) is 31.2 Å². The maximum atomic E-state index is 12.5. The molecule has 2 fully saturated rings. The second kappa shape index (κ2) is 87.5. The van der Waals surface area contributed by atoms with Crippen LogP contribution in [0.5, 0.6) is 0 Å². The molecule has 2 aliphatic heterocycles. The molecule has 0 unspecified atom stereocenters. The van der Waals surface area contributed by atoms with Crippen LogP contribution in [0.3, 0.4) is 0 Å². The van der Waals surface area contributed by atoms with Crippen LogP contribution >= 0.6 is 64.7 Å². The van der Waals surface area contributed by atoms with Crippen molar-refractivity contribution in [3.8, 4) is 0 Å². The quantitative estimate of drug-likeness (QED) is 0.0157. The monoisotopic (exact) mass is 1830 g/mol. The number of aliphatic hydroxyl groups is 3. The number of hydrogen-bond acceptors (Lipinski definition) is 19. The van der Waals surface area contributed by atoms with Crippen molar-refractivity contribution >= 4 is 102 Å². The number of rotatable bonds is 56. The van der Waals surface area contributed by atoms with Crippen molar-refractivity contribution in [3.63, 3.8) is 0 Å². The number of aliphatic hydroxyl groups excluding tert-OH is 3. The first-order chi connectivity index (χ1) is 55.3. The fourth-order valence-electron chi connectivity index (χ4n) is 10.9. The lowest BCUT2D eigenvalue weighted by Crippen LogP contribution is -2.29. The molecule has 0 saturated carbocycles. The lowest BCUT2D eigenvalue weighted by molar-refractivity contribution is -0.159. The van der Waals surface area contributed by atoms with E-state index in [4.69, 9.17) is 63.7 Å². The maximum absolute atomic E-state index is 12.5. The highest BCUT2D eigenvalue weighted by Gasteiger charge is 2.33. The number of halogens is 1. The van der Waals surface area contributed by atoms with E-state index in [0.717, 1.165) is 114 Å². The van der Waals surface area contributed by atoms with Crippen LogP contribution < -0.4 is 0 Å². The summed E-state index contributed by atoms with van der Waals surface area (Å²) >= 11 is 0. The van der Waals surface area contributed by atoms with Crippen LogP contribution in [-0.2, 0) is 66.2 Å². The number of aliphatic carboxylic acids is 1. The van der Waals surface area contributed by atoms with Gasteiger partial charge < -0.3 is 58.6 Å². The van der Waals surface area contributed by atoms with Gasteiger partial charge in [0.05, 0.1) is 54.5 Å². The minimum Gasteiger partial charge on any atom is -0.481 e. The van der Waals surface area contributed by atoms with E-state index >= 15 is 0 Å². The number of ether oxygens (including phenoxy) is 6. The van der Waals surface area contributed by atoms with E-state index in [2.05, 4.69) is 112 Å². The van der Waals surface area contributed by atoms with Crippen molar-refractivity contribution in [3.05, 3.63) is 133 Å². The summed E-state index contributed by atoms with van der Waals surface area (Å²) in [5.41, 5.74) is 2.01. The van der Waals surface area contributed by atoms with Gasteiger partial charge in [0.15, 0.2) is 11.6 Å². The van der Waals surface area contributed by atoms with Crippen LogP contribution in [0.4, 0.5) is 0 Å². The minimum atomic E-state index is -3.69. The molecule has 0 bridgehead atoms. The SMILES string of the molecule is CC1(C)OC[C@H](CCO)O1.CCC.CCC/C=C\C/C=C\CCCCCCCC(=O)OC[C@H](CCN(C)C)OC(=O)CCCCCCC/C=C\C/C=C\CCC.CCCCC/C=C\C/C=C\CCCCCCCC(=O)O.CN(C)CC[C@H](O)CO.Cc1ccc(S(=O)(=O)Cl)cc1.Cc1ccc(S(=O)(=O)OCC[C@H]2COC(C)(C)O2)cc1.S.S.S.S. The number of allylic oxidation sites excluding steroid dienone is 12. The Hall–Kier alpha value is -3.52. The average Bonchev–Trinajstić information content (AvgIpc) is 1.45. The Labute approximate surface area is 763 Å².